The number of H-pyrrole nitrogens is 1. The van der Waals surface area contributed by atoms with Crippen LogP contribution in [0, 0.1) is 0 Å². The number of hydrogen-bond acceptors (Lipinski definition) is 3. The van der Waals surface area contributed by atoms with E-state index >= 15 is 0 Å². The van der Waals surface area contributed by atoms with Gasteiger partial charge in [-0.05, 0) is 42.0 Å². The molecule has 0 radical (unpaired) electrons. The van der Waals surface area contributed by atoms with Crippen molar-refractivity contribution in [3.05, 3.63) is 75.3 Å². The summed E-state index contributed by atoms with van der Waals surface area (Å²) >= 11 is 3.38. The number of rotatable bonds is 3. The van der Waals surface area contributed by atoms with Crippen LogP contribution in [0.15, 0.2) is 53.0 Å². The number of benzene rings is 2. The zero-order valence-electron chi connectivity index (χ0n) is 13.3. The summed E-state index contributed by atoms with van der Waals surface area (Å²) in [5, 5.41) is 10.4. The number of aromatic nitrogens is 1. The highest BCUT2D eigenvalue weighted by atomic mass is 79.9. The maximum Gasteiger partial charge on any atom is 0.421 e. The molecule has 7 heteroatoms. The average Bonchev–Trinajstić information content (AvgIpc) is 3.15. The zero-order valence-corrected chi connectivity index (χ0v) is 14.9. The smallest absolute Gasteiger partial charge is 0.421 e. The summed E-state index contributed by atoms with van der Waals surface area (Å²) in [5.74, 6) is -0.923. The van der Waals surface area contributed by atoms with Gasteiger partial charge in [-0.1, -0.05) is 28.1 Å². The van der Waals surface area contributed by atoms with E-state index < -0.39 is 5.91 Å². The number of carbonyl (C=O) groups is 2. The first-order valence-corrected chi connectivity index (χ1v) is 8.55. The minimum atomic E-state index is -0.528. The lowest BCUT2D eigenvalue weighted by molar-refractivity contribution is -0.339. The molecule has 0 saturated carbocycles. The van der Waals surface area contributed by atoms with Gasteiger partial charge < -0.3 is 15.8 Å². The van der Waals surface area contributed by atoms with Crippen LogP contribution in [0.2, 0.25) is 0 Å². The normalized spacial score (nSPS) is 12.8. The maximum absolute atomic E-state index is 12.6. The van der Waals surface area contributed by atoms with E-state index in [-0.39, 0.29) is 11.8 Å². The Morgan fingerprint density at radius 1 is 1.00 bits per heavy atom. The number of nitrogens with one attached hydrogen (secondary N) is 2. The van der Waals surface area contributed by atoms with E-state index in [1.54, 1.807) is 24.3 Å². The fourth-order valence-corrected chi connectivity index (χ4v) is 3.31. The van der Waals surface area contributed by atoms with Crippen LogP contribution in [0.4, 0.5) is 0 Å². The Kier molecular flexibility index (Phi) is 3.73. The molecular formula is C19H13BrN3O3+. The van der Waals surface area contributed by atoms with Crippen molar-refractivity contribution in [2.75, 3.05) is 0 Å². The summed E-state index contributed by atoms with van der Waals surface area (Å²) in [6.07, 6.45) is 0. The lowest BCUT2D eigenvalue weighted by Crippen LogP contribution is -2.74. The SMILES string of the molecule is NC(=O)c1ccc(-c2[nH]c(O)c3c2C(=O)[NH+]=C3c2ccc(Br)cc2)cc1. The van der Waals surface area contributed by atoms with Crippen LogP contribution in [-0.2, 0) is 0 Å². The van der Waals surface area contributed by atoms with E-state index in [9.17, 15) is 14.7 Å². The Bertz CT molecular complexity index is 1080. The van der Waals surface area contributed by atoms with Crippen LogP contribution in [-0.4, -0.2) is 27.6 Å². The number of aromatic hydroxyl groups is 1. The van der Waals surface area contributed by atoms with E-state index in [1.807, 2.05) is 24.3 Å². The number of carbonyl (C=O) groups excluding carboxylic acids is 2. The molecule has 4 rings (SSSR count). The minimum Gasteiger partial charge on any atom is -0.494 e. The van der Waals surface area contributed by atoms with E-state index in [4.69, 9.17) is 5.73 Å². The largest absolute Gasteiger partial charge is 0.494 e. The van der Waals surface area contributed by atoms with E-state index in [2.05, 4.69) is 25.9 Å². The average molecular weight is 411 g/mol. The summed E-state index contributed by atoms with van der Waals surface area (Å²) in [6.45, 7) is 0. The molecule has 0 atom stereocenters. The van der Waals surface area contributed by atoms with Gasteiger partial charge in [0.05, 0.1) is 5.69 Å². The second kappa shape index (κ2) is 5.96. The van der Waals surface area contributed by atoms with Crippen molar-refractivity contribution in [3.63, 3.8) is 0 Å². The lowest BCUT2D eigenvalue weighted by Gasteiger charge is -2.00. The van der Waals surface area contributed by atoms with Crippen molar-refractivity contribution >= 4 is 33.5 Å². The molecule has 1 aromatic heterocycles. The van der Waals surface area contributed by atoms with Crippen LogP contribution < -0.4 is 10.7 Å². The third-order valence-corrected chi connectivity index (χ3v) is 4.82. The standard InChI is InChI=1S/C19H12BrN3O3/c20-12-7-5-10(6-8-12)16-14-13(18(25)23-16)15(22-19(14)26)9-1-3-11(4-2-9)17(21)24/h1-8,22,26H,(H2,21,24)/p+1. The molecule has 2 amide bonds. The third-order valence-electron chi connectivity index (χ3n) is 4.29. The number of fused-ring (bicyclic) bond motifs is 1. The topological polar surface area (TPSA) is 110 Å². The molecule has 0 bridgehead atoms. The van der Waals surface area contributed by atoms with Crippen LogP contribution in [0.1, 0.15) is 31.8 Å². The van der Waals surface area contributed by atoms with Gasteiger partial charge in [-0.2, -0.15) is 4.99 Å². The fraction of sp³-hybridized carbons (Fsp3) is 0. The van der Waals surface area contributed by atoms with Crippen molar-refractivity contribution in [3.8, 4) is 17.1 Å². The number of aromatic amines is 1. The number of halogens is 1. The van der Waals surface area contributed by atoms with Crippen LogP contribution in [0.3, 0.4) is 0 Å². The zero-order chi connectivity index (χ0) is 18.4. The van der Waals surface area contributed by atoms with Gasteiger partial charge in [0, 0.05) is 15.6 Å². The maximum atomic E-state index is 12.6. The van der Waals surface area contributed by atoms with Gasteiger partial charge in [0.25, 0.3) is 0 Å². The Hall–Kier alpha value is -3.19. The monoisotopic (exact) mass is 410 g/mol. The Morgan fingerprint density at radius 2 is 1.62 bits per heavy atom. The van der Waals surface area contributed by atoms with E-state index in [0.717, 1.165) is 10.0 Å². The third kappa shape index (κ3) is 2.53. The van der Waals surface area contributed by atoms with E-state index in [1.165, 1.54) is 0 Å². The van der Waals surface area contributed by atoms with Crippen molar-refractivity contribution in [1.29, 1.82) is 0 Å². The first kappa shape index (κ1) is 16.3. The highest BCUT2D eigenvalue weighted by Gasteiger charge is 2.39. The summed E-state index contributed by atoms with van der Waals surface area (Å²) in [5.41, 5.74) is 8.91. The van der Waals surface area contributed by atoms with Gasteiger partial charge in [0.15, 0.2) is 0 Å². The lowest BCUT2D eigenvalue weighted by atomic mass is 10.00. The quantitative estimate of drug-likeness (QED) is 0.522. The van der Waals surface area contributed by atoms with Crippen LogP contribution >= 0.6 is 15.9 Å². The van der Waals surface area contributed by atoms with Crippen molar-refractivity contribution in [2.24, 2.45) is 5.73 Å². The summed E-state index contributed by atoms with van der Waals surface area (Å²) in [4.78, 5) is 29.5. The highest BCUT2D eigenvalue weighted by Crippen LogP contribution is 2.34. The van der Waals surface area contributed by atoms with Gasteiger partial charge in [0.1, 0.15) is 11.1 Å². The highest BCUT2D eigenvalue weighted by molar-refractivity contribution is 9.10. The molecule has 26 heavy (non-hydrogen) atoms. The Morgan fingerprint density at radius 3 is 2.23 bits per heavy atom. The molecule has 0 spiro atoms. The molecule has 1 aliphatic heterocycles. The second-order valence-electron chi connectivity index (χ2n) is 5.88. The molecular weight excluding hydrogens is 398 g/mol. The molecule has 0 fully saturated rings. The van der Waals surface area contributed by atoms with Crippen LogP contribution in [0.5, 0.6) is 5.88 Å². The molecule has 3 aromatic rings. The molecule has 2 aromatic carbocycles. The molecule has 2 heterocycles. The minimum absolute atomic E-state index is 0.0924. The molecule has 0 aliphatic carbocycles. The molecule has 1 aliphatic rings. The second-order valence-corrected chi connectivity index (χ2v) is 6.79. The number of hydrogen-bond donors (Lipinski definition) is 4. The molecule has 0 saturated heterocycles. The molecule has 0 unspecified atom stereocenters. The molecule has 6 nitrogen and oxygen atoms in total. The fourth-order valence-electron chi connectivity index (χ4n) is 3.05. The Balaban J connectivity index is 1.82. The summed E-state index contributed by atoms with van der Waals surface area (Å²) in [7, 11) is 0. The van der Waals surface area contributed by atoms with Gasteiger partial charge in [-0.3, -0.25) is 4.79 Å². The predicted octanol–water partition coefficient (Wildman–Crippen LogP) is 1.32. The number of nitrogens with two attached hydrogens (primary N) is 1. The van der Waals surface area contributed by atoms with Crippen molar-refractivity contribution in [1.82, 2.24) is 4.98 Å². The van der Waals surface area contributed by atoms with Gasteiger partial charge in [0.2, 0.25) is 17.5 Å². The van der Waals surface area contributed by atoms with Gasteiger partial charge in [-0.25, -0.2) is 4.79 Å². The van der Waals surface area contributed by atoms with Gasteiger partial charge in [-0.15, -0.1) is 0 Å². The molecule has 5 N–H and O–H groups in total. The van der Waals surface area contributed by atoms with Crippen molar-refractivity contribution < 1.29 is 19.7 Å². The predicted molar refractivity (Wildman–Crippen MR) is 99.1 cm³/mol. The first-order valence-electron chi connectivity index (χ1n) is 7.75. The number of amides is 2. The molecule has 128 valence electrons. The Labute approximate surface area is 156 Å². The summed E-state index contributed by atoms with van der Waals surface area (Å²) < 4.78 is 0.917. The van der Waals surface area contributed by atoms with Gasteiger partial charge >= 0.3 is 5.91 Å². The van der Waals surface area contributed by atoms with Crippen molar-refractivity contribution in [2.45, 2.75) is 0 Å². The van der Waals surface area contributed by atoms with E-state index in [0.29, 0.717) is 33.7 Å². The number of primary amides is 1. The van der Waals surface area contributed by atoms with Crippen LogP contribution in [0.25, 0.3) is 11.3 Å². The summed E-state index contributed by atoms with van der Waals surface area (Å²) in [6, 6.07) is 13.9. The first-order chi connectivity index (χ1) is 12.5.